The molecule has 0 aliphatic heterocycles. The Morgan fingerprint density at radius 3 is 2.78 bits per heavy atom. The van der Waals surface area contributed by atoms with Crippen molar-refractivity contribution in [1.82, 2.24) is 25.1 Å². The topological polar surface area (TPSA) is 89.8 Å². The van der Waals surface area contributed by atoms with Crippen molar-refractivity contribution in [3.8, 4) is 0 Å². The normalized spacial score (nSPS) is 11.7. The molecule has 9 heteroatoms. The van der Waals surface area contributed by atoms with E-state index in [9.17, 15) is 9.59 Å². The summed E-state index contributed by atoms with van der Waals surface area (Å²) in [4.78, 5) is 34.6. The number of aromatic nitrogens is 4. The minimum atomic E-state index is -0.429. The van der Waals surface area contributed by atoms with Crippen LogP contribution in [0.4, 0.5) is 0 Å². The van der Waals surface area contributed by atoms with Gasteiger partial charge in [0.05, 0.1) is 28.8 Å². The molecule has 27 heavy (non-hydrogen) atoms. The minimum Gasteiger partial charge on any atom is -0.351 e. The quantitative estimate of drug-likeness (QED) is 0.386. The summed E-state index contributed by atoms with van der Waals surface area (Å²) in [5.74, 6) is 0.313. The Bertz CT molecular complexity index is 987. The molecule has 0 atom stereocenters. The van der Waals surface area contributed by atoms with Gasteiger partial charge in [0.25, 0.3) is 0 Å². The maximum atomic E-state index is 12.5. The molecule has 142 valence electrons. The van der Waals surface area contributed by atoms with Gasteiger partial charge in [0.2, 0.25) is 5.91 Å². The lowest BCUT2D eigenvalue weighted by Crippen LogP contribution is -2.34. The fourth-order valence-electron chi connectivity index (χ4n) is 2.32. The summed E-state index contributed by atoms with van der Waals surface area (Å²) in [7, 11) is 1.82. The molecule has 1 amide bonds. The molecule has 0 aliphatic rings. The van der Waals surface area contributed by atoms with Crippen LogP contribution in [-0.4, -0.2) is 37.2 Å². The Hall–Kier alpha value is -2.26. The van der Waals surface area contributed by atoms with Crippen molar-refractivity contribution in [2.75, 3.05) is 5.75 Å². The van der Waals surface area contributed by atoms with E-state index >= 15 is 0 Å². The second-order valence-corrected chi connectivity index (χ2v) is 9.23. The number of hydrogen-bond acceptors (Lipinski definition) is 7. The Morgan fingerprint density at radius 2 is 2.04 bits per heavy atom. The number of carbonyl (C=O) groups is 2. The van der Waals surface area contributed by atoms with Crippen molar-refractivity contribution >= 4 is 45.8 Å². The Labute approximate surface area is 165 Å². The van der Waals surface area contributed by atoms with E-state index < -0.39 is 5.41 Å². The maximum absolute atomic E-state index is 12.5. The molecular weight excluding hydrogens is 382 g/mol. The first kappa shape index (κ1) is 19.5. The summed E-state index contributed by atoms with van der Waals surface area (Å²) in [5, 5.41) is 8.67. The lowest BCUT2D eigenvalue weighted by molar-refractivity contribution is -0.128. The standard InChI is InChI=1S/C18H21N5O2S2/c1-18(2,3)17(25)19-7-11-5-6-14(27-11)13(24)9-26-16-12-8-22-23(4)15(12)20-10-21-16/h5-6,8,10H,7,9H2,1-4H3,(H,19,25). The lowest BCUT2D eigenvalue weighted by atomic mass is 9.96. The first-order valence-electron chi connectivity index (χ1n) is 8.41. The summed E-state index contributed by atoms with van der Waals surface area (Å²) in [6.07, 6.45) is 3.20. The number of thiophene rings is 1. The zero-order valence-corrected chi connectivity index (χ0v) is 17.3. The average molecular weight is 404 g/mol. The molecule has 1 N–H and O–H groups in total. The molecule has 0 aromatic carbocycles. The fourth-order valence-corrected chi connectivity index (χ4v) is 4.14. The predicted molar refractivity (Wildman–Crippen MR) is 107 cm³/mol. The number of aryl methyl sites for hydroxylation is 1. The summed E-state index contributed by atoms with van der Waals surface area (Å²) in [6.45, 7) is 6.04. The highest BCUT2D eigenvalue weighted by Gasteiger charge is 2.21. The van der Waals surface area contributed by atoms with Gasteiger partial charge in [-0.2, -0.15) is 5.10 Å². The SMILES string of the molecule is Cn1ncc2c(SCC(=O)c3ccc(CNC(=O)C(C)(C)C)s3)ncnc21. The van der Waals surface area contributed by atoms with Crippen molar-refractivity contribution in [2.45, 2.75) is 32.3 Å². The Morgan fingerprint density at radius 1 is 1.26 bits per heavy atom. The van der Waals surface area contributed by atoms with Gasteiger partial charge in [-0.1, -0.05) is 32.5 Å². The maximum Gasteiger partial charge on any atom is 0.225 e. The first-order chi connectivity index (χ1) is 12.8. The third-order valence-corrected chi connectivity index (χ3v) is 6.01. The number of nitrogens with zero attached hydrogens (tertiary/aromatic N) is 4. The first-order valence-corrected chi connectivity index (χ1v) is 10.2. The van der Waals surface area contributed by atoms with Crippen molar-refractivity contribution in [3.63, 3.8) is 0 Å². The van der Waals surface area contributed by atoms with Gasteiger partial charge in [0, 0.05) is 17.3 Å². The number of fused-ring (bicyclic) bond motifs is 1. The van der Waals surface area contributed by atoms with Crippen LogP contribution in [0.1, 0.15) is 35.3 Å². The highest BCUT2D eigenvalue weighted by atomic mass is 32.2. The van der Waals surface area contributed by atoms with Crippen LogP contribution in [0.3, 0.4) is 0 Å². The number of ketones is 1. The van der Waals surface area contributed by atoms with E-state index in [4.69, 9.17) is 0 Å². The van der Waals surface area contributed by atoms with Crippen LogP contribution in [0, 0.1) is 5.41 Å². The van der Waals surface area contributed by atoms with E-state index in [0.717, 1.165) is 20.9 Å². The van der Waals surface area contributed by atoms with Crippen LogP contribution in [-0.2, 0) is 18.4 Å². The number of rotatable bonds is 6. The van der Waals surface area contributed by atoms with Gasteiger partial charge >= 0.3 is 0 Å². The average Bonchev–Trinajstić information content (AvgIpc) is 3.24. The molecule has 0 saturated carbocycles. The van der Waals surface area contributed by atoms with E-state index in [-0.39, 0.29) is 17.4 Å². The zero-order valence-electron chi connectivity index (χ0n) is 15.6. The highest BCUT2D eigenvalue weighted by molar-refractivity contribution is 8.00. The van der Waals surface area contributed by atoms with Gasteiger partial charge in [0.1, 0.15) is 11.4 Å². The molecule has 7 nitrogen and oxygen atoms in total. The predicted octanol–water partition coefficient (Wildman–Crippen LogP) is 3.06. The molecule has 0 saturated heterocycles. The number of amides is 1. The van der Waals surface area contributed by atoms with Gasteiger partial charge in [0.15, 0.2) is 11.4 Å². The summed E-state index contributed by atoms with van der Waals surface area (Å²) in [5.41, 5.74) is 0.315. The number of Topliss-reactive ketones (excluding diaryl/α,β-unsaturated/α-hetero) is 1. The zero-order chi connectivity index (χ0) is 19.6. The Kier molecular flexibility index (Phi) is 5.61. The summed E-state index contributed by atoms with van der Waals surface area (Å²) >= 11 is 2.79. The van der Waals surface area contributed by atoms with E-state index in [0.29, 0.717) is 11.4 Å². The van der Waals surface area contributed by atoms with E-state index in [1.54, 1.807) is 10.9 Å². The van der Waals surface area contributed by atoms with Crippen LogP contribution >= 0.6 is 23.1 Å². The summed E-state index contributed by atoms with van der Waals surface area (Å²) < 4.78 is 1.68. The van der Waals surface area contributed by atoms with Gasteiger partial charge in [-0.15, -0.1) is 11.3 Å². The lowest BCUT2D eigenvalue weighted by Gasteiger charge is -2.17. The van der Waals surface area contributed by atoms with Gasteiger partial charge < -0.3 is 5.32 Å². The van der Waals surface area contributed by atoms with Crippen LogP contribution in [0.15, 0.2) is 29.7 Å². The monoisotopic (exact) mass is 403 g/mol. The molecule has 0 spiro atoms. The largest absolute Gasteiger partial charge is 0.351 e. The van der Waals surface area contributed by atoms with Crippen molar-refractivity contribution in [3.05, 3.63) is 34.4 Å². The van der Waals surface area contributed by atoms with Gasteiger partial charge in [-0.05, 0) is 12.1 Å². The molecule has 0 bridgehead atoms. The Balaban J connectivity index is 1.60. The molecule has 0 unspecified atom stereocenters. The molecule has 3 heterocycles. The third kappa shape index (κ3) is 4.54. The molecule has 3 rings (SSSR count). The molecule has 0 radical (unpaired) electrons. The van der Waals surface area contributed by atoms with Crippen LogP contribution in [0.25, 0.3) is 11.0 Å². The number of hydrogen-bond donors (Lipinski definition) is 1. The fraction of sp³-hybridized carbons (Fsp3) is 0.389. The number of thioether (sulfide) groups is 1. The smallest absolute Gasteiger partial charge is 0.225 e. The molecule has 3 aromatic rings. The highest BCUT2D eigenvalue weighted by Crippen LogP contribution is 2.26. The number of nitrogens with one attached hydrogen (secondary N) is 1. The van der Waals surface area contributed by atoms with Crippen molar-refractivity contribution < 1.29 is 9.59 Å². The van der Waals surface area contributed by atoms with Crippen LogP contribution in [0.2, 0.25) is 0 Å². The second kappa shape index (κ2) is 7.77. The van der Waals surface area contributed by atoms with Gasteiger partial charge in [-0.3, -0.25) is 14.3 Å². The summed E-state index contributed by atoms with van der Waals surface area (Å²) in [6, 6.07) is 3.70. The minimum absolute atomic E-state index is 0.0106. The van der Waals surface area contributed by atoms with Crippen LogP contribution in [0.5, 0.6) is 0 Å². The van der Waals surface area contributed by atoms with E-state index in [1.807, 2.05) is 40.0 Å². The number of carbonyl (C=O) groups excluding carboxylic acids is 2. The molecule has 3 aromatic heterocycles. The van der Waals surface area contributed by atoms with Gasteiger partial charge in [-0.25, -0.2) is 9.97 Å². The van der Waals surface area contributed by atoms with E-state index in [2.05, 4.69) is 20.4 Å². The van der Waals surface area contributed by atoms with E-state index in [1.165, 1.54) is 29.4 Å². The van der Waals surface area contributed by atoms with Crippen molar-refractivity contribution in [2.24, 2.45) is 12.5 Å². The molecular formula is C18H21N5O2S2. The second-order valence-electron chi connectivity index (χ2n) is 7.09. The molecule has 0 fully saturated rings. The molecule has 0 aliphatic carbocycles. The third-order valence-electron chi connectivity index (χ3n) is 3.87. The van der Waals surface area contributed by atoms with Crippen molar-refractivity contribution in [1.29, 1.82) is 0 Å². The van der Waals surface area contributed by atoms with Crippen LogP contribution < -0.4 is 5.32 Å².